The highest BCUT2D eigenvalue weighted by atomic mass is 35.5. The molecule has 0 aliphatic carbocycles. The number of benzene rings is 1. The van der Waals surface area contributed by atoms with Crippen molar-refractivity contribution in [3.8, 4) is 0 Å². The van der Waals surface area contributed by atoms with Crippen molar-refractivity contribution in [1.82, 2.24) is 19.9 Å². The summed E-state index contributed by atoms with van der Waals surface area (Å²) in [7, 11) is 0. The van der Waals surface area contributed by atoms with Crippen LogP contribution in [0.3, 0.4) is 0 Å². The number of ether oxygens (including phenoxy) is 2. The van der Waals surface area contributed by atoms with Crippen LogP contribution in [0.1, 0.15) is 38.1 Å². The van der Waals surface area contributed by atoms with Gasteiger partial charge in [0.2, 0.25) is 11.5 Å². The molecule has 1 aliphatic heterocycles. The normalized spacial score (nSPS) is 19.8. The van der Waals surface area contributed by atoms with Crippen LogP contribution in [0.5, 0.6) is 0 Å². The summed E-state index contributed by atoms with van der Waals surface area (Å²) in [5.41, 5.74) is 0.898. The number of furan rings is 1. The van der Waals surface area contributed by atoms with Gasteiger partial charge in [0.1, 0.15) is 23.5 Å². The molecule has 0 radical (unpaired) electrons. The molecule has 1 fully saturated rings. The second kappa shape index (κ2) is 10.7. The fourth-order valence-electron chi connectivity index (χ4n) is 4.92. The number of carbonyl (C=O) groups excluding carboxylic acids is 1. The van der Waals surface area contributed by atoms with Gasteiger partial charge in [-0.3, -0.25) is 4.79 Å². The number of amides is 1. The van der Waals surface area contributed by atoms with Crippen molar-refractivity contribution in [3.05, 3.63) is 69.2 Å². The summed E-state index contributed by atoms with van der Waals surface area (Å²) in [6.45, 7) is 5.43. The number of piperidine rings is 1. The number of aromatic amines is 1. The molecule has 3 aromatic heterocycles. The van der Waals surface area contributed by atoms with Gasteiger partial charge in [0.05, 0.1) is 18.2 Å². The van der Waals surface area contributed by atoms with E-state index in [1.807, 2.05) is 32.0 Å². The summed E-state index contributed by atoms with van der Waals surface area (Å²) >= 11 is 6.05. The lowest BCUT2D eigenvalue weighted by Crippen LogP contribution is -2.50. The number of para-hydroxylation sites is 1. The molecule has 1 amide bonds. The molecule has 1 saturated heterocycles. The maximum absolute atomic E-state index is 14.4. The van der Waals surface area contributed by atoms with Crippen LogP contribution in [0.2, 0.25) is 5.02 Å². The Hall–Kier alpha value is -3.50. The van der Waals surface area contributed by atoms with Crippen molar-refractivity contribution >= 4 is 39.8 Å². The first-order valence-electron chi connectivity index (χ1n) is 12.5. The Bertz CT molecular complexity index is 1540. The van der Waals surface area contributed by atoms with Crippen molar-refractivity contribution in [2.24, 2.45) is 5.92 Å². The average Bonchev–Trinajstić information content (AvgIpc) is 3.28. The zero-order valence-corrected chi connectivity index (χ0v) is 21.9. The van der Waals surface area contributed by atoms with E-state index in [1.54, 1.807) is 17.0 Å². The maximum atomic E-state index is 14.4. The van der Waals surface area contributed by atoms with Gasteiger partial charge in [-0.1, -0.05) is 37.6 Å². The van der Waals surface area contributed by atoms with Crippen molar-refractivity contribution < 1.29 is 23.1 Å². The van der Waals surface area contributed by atoms with E-state index in [-0.39, 0.29) is 30.3 Å². The van der Waals surface area contributed by atoms with Crippen molar-refractivity contribution in [3.63, 3.8) is 0 Å². The second-order valence-electron chi connectivity index (χ2n) is 9.82. The highest BCUT2D eigenvalue weighted by Crippen LogP contribution is 2.41. The Morgan fingerprint density at radius 1 is 1.34 bits per heavy atom. The molecule has 4 aromatic rings. The van der Waals surface area contributed by atoms with Crippen LogP contribution in [-0.2, 0) is 21.5 Å². The van der Waals surface area contributed by atoms with E-state index < -0.39 is 17.5 Å². The number of halogens is 2. The van der Waals surface area contributed by atoms with Gasteiger partial charge in [0.25, 0.3) is 5.56 Å². The highest BCUT2D eigenvalue weighted by molar-refractivity contribution is 6.30. The molecule has 4 heterocycles. The molecule has 5 rings (SSSR count). The quantitative estimate of drug-likeness (QED) is 0.252. The molecule has 9 nitrogen and oxygen atoms in total. The van der Waals surface area contributed by atoms with Crippen LogP contribution in [0.15, 0.2) is 45.7 Å². The lowest BCUT2D eigenvalue weighted by molar-refractivity contribution is 0.0529. The van der Waals surface area contributed by atoms with Crippen LogP contribution in [0.25, 0.3) is 22.1 Å². The molecule has 0 spiro atoms. The first-order valence-corrected chi connectivity index (χ1v) is 12.9. The minimum atomic E-state index is -0.530. The number of aromatic nitrogens is 3. The van der Waals surface area contributed by atoms with Crippen molar-refractivity contribution in [2.75, 3.05) is 26.3 Å². The molecule has 11 heteroatoms. The monoisotopic (exact) mass is 542 g/mol. The number of H-pyrrole nitrogens is 1. The summed E-state index contributed by atoms with van der Waals surface area (Å²) in [5.74, 6) is -0.166. The van der Waals surface area contributed by atoms with Crippen LogP contribution in [0, 0.1) is 11.9 Å². The first kappa shape index (κ1) is 26.1. The van der Waals surface area contributed by atoms with Gasteiger partial charge >= 0.3 is 6.09 Å². The topological polar surface area (TPSA) is 111 Å². The predicted molar refractivity (Wildman–Crippen MR) is 140 cm³/mol. The van der Waals surface area contributed by atoms with Crippen LogP contribution < -0.4 is 5.56 Å². The number of hydrogen-bond acceptors (Lipinski definition) is 7. The molecule has 1 N–H and O–H groups in total. The fourth-order valence-corrected chi connectivity index (χ4v) is 5.08. The molecule has 200 valence electrons. The Balaban J connectivity index is 1.08. The zero-order chi connectivity index (χ0) is 26.9. The van der Waals surface area contributed by atoms with E-state index in [9.17, 15) is 14.0 Å². The predicted octanol–water partition coefficient (Wildman–Crippen LogP) is 5.20. The SMILES string of the molecule is C[C@H]1CN(C(=O)OCCCOCc2nc3c(oc4ccccc43)c(=O)[nH]2)CC[C@]1(C)c1cc(Cl)cnc1F. The first-order chi connectivity index (χ1) is 18.3. The Kier molecular flexibility index (Phi) is 7.36. The number of pyridine rings is 1. The molecular formula is C27H28ClFN4O5. The van der Waals surface area contributed by atoms with E-state index in [2.05, 4.69) is 15.0 Å². The molecule has 38 heavy (non-hydrogen) atoms. The zero-order valence-electron chi connectivity index (χ0n) is 21.1. The van der Waals surface area contributed by atoms with E-state index in [0.29, 0.717) is 60.0 Å². The molecule has 0 bridgehead atoms. The van der Waals surface area contributed by atoms with E-state index >= 15 is 0 Å². The molecule has 0 saturated carbocycles. The standard InChI is InChI=1S/C27H28ClFN4O5/c1-16-14-33(9-8-27(16,2)19-12-17(28)13-30-24(19)29)26(35)37-11-5-10-36-15-21-31-22-18-6-3-4-7-20(18)38-23(22)25(34)32-21/h3-4,6-7,12-13,16H,5,8-11,14-15H2,1-2H3,(H,31,32,34)/t16-,27-/m0/s1. The van der Waals surface area contributed by atoms with Gasteiger partial charge in [-0.05, 0) is 30.5 Å². The molecule has 1 aromatic carbocycles. The van der Waals surface area contributed by atoms with Gasteiger partial charge in [-0.25, -0.2) is 14.8 Å². The smallest absolute Gasteiger partial charge is 0.409 e. The van der Waals surface area contributed by atoms with Gasteiger partial charge in [-0.2, -0.15) is 4.39 Å². The van der Waals surface area contributed by atoms with Crippen molar-refractivity contribution in [1.29, 1.82) is 0 Å². The number of likely N-dealkylation sites (tertiary alicyclic amines) is 1. The molecule has 0 unspecified atom stereocenters. The average molecular weight is 543 g/mol. The molecular weight excluding hydrogens is 515 g/mol. The number of carbonyl (C=O) groups is 1. The highest BCUT2D eigenvalue weighted by Gasteiger charge is 2.41. The van der Waals surface area contributed by atoms with Crippen LogP contribution in [0.4, 0.5) is 9.18 Å². The summed E-state index contributed by atoms with van der Waals surface area (Å²) in [6, 6.07) is 8.95. The lowest BCUT2D eigenvalue weighted by Gasteiger charge is -2.44. The number of rotatable bonds is 7. The number of hydrogen-bond donors (Lipinski definition) is 1. The fraction of sp³-hybridized carbons (Fsp3) is 0.407. The number of nitrogens with zero attached hydrogens (tertiary/aromatic N) is 3. The van der Waals surface area contributed by atoms with Crippen LogP contribution >= 0.6 is 11.6 Å². The van der Waals surface area contributed by atoms with Gasteiger partial charge < -0.3 is 23.8 Å². The summed E-state index contributed by atoms with van der Waals surface area (Å²) in [5, 5.41) is 1.15. The van der Waals surface area contributed by atoms with Gasteiger partial charge in [0, 0.05) is 42.1 Å². The third-order valence-electron chi connectivity index (χ3n) is 7.34. The Morgan fingerprint density at radius 3 is 2.97 bits per heavy atom. The second-order valence-corrected chi connectivity index (χ2v) is 10.3. The lowest BCUT2D eigenvalue weighted by atomic mass is 9.68. The Morgan fingerprint density at radius 2 is 2.16 bits per heavy atom. The minimum absolute atomic E-state index is 0.0266. The maximum Gasteiger partial charge on any atom is 0.409 e. The molecule has 2 atom stereocenters. The Labute approximate surface area is 222 Å². The van der Waals surface area contributed by atoms with E-state index in [1.165, 1.54) is 6.20 Å². The number of fused-ring (bicyclic) bond motifs is 3. The molecule has 1 aliphatic rings. The van der Waals surface area contributed by atoms with Crippen molar-refractivity contribution in [2.45, 2.75) is 38.7 Å². The summed E-state index contributed by atoms with van der Waals surface area (Å²) in [6.07, 6.45) is 1.92. The minimum Gasteiger partial charge on any atom is -0.449 e. The number of nitrogens with one attached hydrogen (secondary N) is 1. The van der Waals surface area contributed by atoms with Crippen LogP contribution in [-0.4, -0.2) is 52.2 Å². The van der Waals surface area contributed by atoms with E-state index in [0.717, 1.165) is 5.39 Å². The third kappa shape index (κ3) is 5.10. The van der Waals surface area contributed by atoms with Gasteiger partial charge in [-0.15, -0.1) is 0 Å². The largest absolute Gasteiger partial charge is 0.449 e. The summed E-state index contributed by atoms with van der Waals surface area (Å²) < 4.78 is 31.1. The summed E-state index contributed by atoms with van der Waals surface area (Å²) in [4.78, 5) is 37.5. The van der Waals surface area contributed by atoms with E-state index in [4.69, 9.17) is 25.5 Å². The third-order valence-corrected chi connectivity index (χ3v) is 7.55. The van der Waals surface area contributed by atoms with Gasteiger partial charge in [0.15, 0.2) is 0 Å².